The Balaban J connectivity index is 1.01. The van der Waals surface area contributed by atoms with Gasteiger partial charge in [0, 0.05) is 0 Å². The van der Waals surface area contributed by atoms with Gasteiger partial charge >= 0.3 is 0 Å². The number of ether oxygens (including phenoxy) is 6. The van der Waals surface area contributed by atoms with Gasteiger partial charge in [-0.15, -0.1) is 0 Å². The minimum atomic E-state index is 0.709. The van der Waals surface area contributed by atoms with Crippen LogP contribution in [0.3, 0.4) is 0 Å². The fraction of sp³-hybridized carbons (Fsp3) is 0.217. The zero-order valence-corrected chi connectivity index (χ0v) is 30.4. The third kappa shape index (κ3) is 9.88. The normalized spacial score (nSPS) is 10.8. The molecule has 0 spiro atoms. The summed E-state index contributed by atoms with van der Waals surface area (Å²) in [6, 6.07) is 45.3. The van der Waals surface area contributed by atoms with Crippen molar-refractivity contribution >= 4 is 0 Å². The van der Waals surface area contributed by atoms with Crippen molar-refractivity contribution in [2.45, 2.75) is 38.5 Å². The van der Waals surface area contributed by atoms with Crippen molar-refractivity contribution in [3.63, 3.8) is 0 Å². The van der Waals surface area contributed by atoms with Crippen LogP contribution < -0.4 is 28.4 Å². The summed E-state index contributed by atoms with van der Waals surface area (Å²) in [6.45, 7) is 0. The molecule has 6 aromatic rings. The summed E-state index contributed by atoms with van der Waals surface area (Å²) in [5.74, 6) is 6.12. The molecular weight excluding hydrogens is 649 g/mol. The number of hydrogen-bond acceptors (Lipinski definition) is 6. The van der Waals surface area contributed by atoms with E-state index in [0.717, 1.165) is 61.5 Å². The van der Waals surface area contributed by atoms with Crippen LogP contribution in [-0.4, -0.2) is 28.4 Å². The Bertz CT molecular complexity index is 1850. The molecule has 0 amide bonds. The van der Waals surface area contributed by atoms with Gasteiger partial charge in [-0.3, -0.25) is 0 Å². The third-order valence-electron chi connectivity index (χ3n) is 9.18. The number of benzene rings is 6. The second-order valence-electron chi connectivity index (χ2n) is 12.7. The van der Waals surface area contributed by atoms with E-state index in [0.29, 0.717) is 23.0 Å². The van der Waals surface area contributed by atoms with Crippen molar-refractivity contribution in [2.24, 2.45) is 0 Å². The minimum absolute atomic E-state index is 0.709. The van der Waals surface area contributed by atoms with E-state index >= 15 is 0 Å². The molecular formula is C46H46O6. The molecule has 0 aliphatic rings. The molecule has 0 saturated carbocycles. The van der Waals surface area contributed by atoms with Crippen LogP contribution in [-0.2, 0) is 38.5 Å². The molecule has 0 radical (unpaired) electrons. The fourth-order valence-electron chi connectivity index (χ4n) is 6.07. The molecule has 266 valence electrons. The number of methoxy groups -OCH3 is 4. The molecule has 0 aliphatic heterocycles. The van der Waals surface area contributed by atoms with Gasteiger partial charge in [0.15, 0.2) is 23.0 Å². The van der Waals surface area contributed by atoms with Gasteiger partial charge in [0.1, 0.15) is 23.0 Å². The molecule has 0 heterocycles. The summed E-state index contributed by atoms with van der Waals surface area (Å²) in [5.41, 5.74) is 7.38. The van der Waals surface area contributed by atoms with E-state index in [1.165, 1.54) is 33.4 Å². The topological polar surface area (TPSA) is 55.4 Å². The average molecular weight is 695 g/mol. The van der Waals surface area contributed by atoms with Gasteiger partial charge in [0.25, 0.3) is 0 Å². The van der Waals surface area contributed by atoms with Gasteiger partial charge in [0.05, 0.1) is 28.4 Å². The van der Waals surface area contributed by atoms with Crippen LogP contribution in [0.5, 0.6) is 46.0 Å². The first kappa shape index (κ1) is 35.9. The molecule has 0 bridgehead atoms. The Kier molecular flexibility index (Phi) is 12.3. The quantitative estimate of drug-likeness (QED) is 0.0947. The van der Waals surface area contributed by atoms with Crippen LogP contribution in [0.15, 0.2) is 133 Å². The Morgan fingerprint density at radius 2 is 0.538 bits per heavy atom. The van der Waals surface area contributed by atoms with Crippen LogP contribution in [0.2, 0.25) is 0 Å². The highest BCUT2D eigenvalue weighted by Crippen LogP contribution is 2.35. The summed E-state index contributed by atoms with van der Waals surface area (Å²) in [4.78, 5) is 0. The molecule has 0 atom stereocenters. The number of aryl methyl sites for hydroxylation is 6. The summed E-state index contributed by atoms with van der Waals surface area (Å²) in [7, 11) is 6.71. The average Bonchev–Trinajstić information content (AvgIpc) is 3.20. The van der Waals surface area contributed by atoms with Gasteiger partial charge in [-0.05, 0) is 145 Å². The van der Waals surface area contributed by atoms with E-state index in [-0.39, 0.29) is 0 Å². The van der Waals surface area contributed by atoms with Gasteiger partial charge < -0.3 is 28.4 Å². The number of hydrogen-bond donors (Lipinski definition) is 0. The molecule has 6 rings (SSSR count). The molecule has 0 aliphatic carbocycles. The Labute approximate surface area is 307 Å². The van der Waals surface area contributed by atoms with Gasteiger partial charge in [0.2, 0.25) is 0 Å². The van der Waals surface area contributed by atoms with Gasteiger partial charge in [-0.2, -0.15) is 0 Å². The zero-order chi connectivity index (χ0) is 36.1. The smallest absolute Gasteiger partial charge is 0.169 e. The number of rotatable bonds is 17. The molecule has 6 aromatic carbocycles. The second kappa shape index (κ2) is 17.9. The first-order valence-electron chi connectivity index (χ1n) is 17.6. The van der Waals surface area contributed by atoms with Crippen molar-refractivity contribution in [3.8, 4) is 46.0 Å². The fourth-order valence-corrected chi connectivity index (χ4v) is 6.07. The summed E-state index contributed by atoms with van der Waals surface area (Å²) in [6.07, 6.45) is 5.47. The predicted octanol–water partition coefficient (Wildman–Crippen LogP) is 10.7. The Hall–Kier alpha value is -5.88. The van der Waals surface area contributed by atoms with Crippen molar-refractivity contribution in [2.75, 3.05) is 28.4 Å². The van der Waals surface area contributed by atoms with Crippen molar-refractivity contribution < 1.29 is 28.4 Å². The first-order chi connectivity index (χ1) is 25.5. The molecule has 6 heteroatoms. The third-order valence-corrected chi connectivity index (χ3v) is 9.18. The maximum absolute atomic E-state index is 6.30. The molecule has 0 N–H and O–H groups in total. The monoisotopic (exact) mass is 694 g/mol. The highest BCUT2D eigenvalue weighted by atomic mass is 16.5. The van der Waals surface area contributed by atoms with E-state index < -0.39 is 0 Å². The van der Waals surface area contributed by atoms with E-state index in [2.05, 4.69) is 72.8 Å². The van der Waals surface area contributed by atoms with E-state index in [9.17, 15) is 0 Å². The van der Waals surface area contributed by atoms with Crippen LogP contribution >= 0.6 is 0 Å². The van der Waals surface area contributed by atoms with Crippen LogP contribution in [0.4, 0.5) is 0 Å². The lowest BCUT2D eigenvalue weighted by Crippen LogP contribution is -1.96. The molecule has 52 heavy (non-hydrogen) atoms. The lowest BCUT2D eigenvalue weighted by atomic mass is 10.0. The lowest BCUT2D eigenvalue weighted by molar-refractivity contribution is 0.378. The Morgan fingerprint density at radius 3 is 0.827 bits per heavy atom. The second-order valence-corrected chi connectivity index (χ2v) is 12.7. The van der Waals surface area contributed by atoms with E-state index in [1.54, 1.807) is 28.4 Å². The van der Waals surface area contributed by atoms with Crippen LogP contribution in [0.1, 0.15) is 33.4 Å². The molecule has 0 fully saturated rings. The van der Waals surface area contributed by atoms with Crippen LogP contribution in [0.25, 0.3) is 0 Å². The standard InChI is InChI=1S/C46H46O6/c1-47-39-21-11-35(12-22-39)7-9-37-19-29-43(49-3)45(31-37)51-41-25-15-33(16-26-41)5-6-34-17-27-42(28-18-34)52-46-32-38(20-30-44(46)50-4)10-8-36-13-23-40(48-2)24-14-36/h11-32H,5-10H2,1-4H3. The molecule has 0 saturated heterocycles. The lowest BCUT2D eigenvalue weighted by Gasteiger charge is -2.13. The van der Waals surface area contributed by atoms with Gasteiger partial charge in [-0.1, -0.05) is 60.7 Å². The van der Waals surface area contributed by atoms with E-state index in [1.807, 2.05) is 60.7 Å². The molecule has 0 unspecified atom stereocenters. The maximum atomic E-state index is 6.30. The maximum Gasteiger partial charge on any atom is 0.169 e. The summed E-state index contributed by atoms with van der Waals surface area (Å²) < 4.78 is 34.4. The SMILES string of the molecule is COc1ccc(CCc2ccc(OC)c(Oc3ccc(CCc4ccc(Oc5cc(CCc6ccc(OC)cc6)ccc5OC)cc4)cc3)c2)cc1. The van der Waals surface area contributed by atoms with Crippen molar-refractivity contribution in [3.05, 3.63) is 167 Å². The summed E-state index contributed by atoms with van der Waals surface area (Å²) in [5, 5.41) is 0. The predicted molar refractivity (Wildman–Crippen MR) is 207 cm³/mol. The van der Waals surface area contributed by atoms with Crippen molar-refractivity contribution in [1.82, 2.24) is 0 Å². The first-order valence-corrected chi connectivity index (χ1v) is 17.6. The Morgan fingerprint density at radius 1 is 0.269 bits per heavy atom. The molecule has 0 aromatic heterocycles. The largest absolute Gasteiger partial charge is 0.497 e. The minimum Gasteiger partial charge on any atom is -0.497 e. The zero-order valence-electron chi connectivity index (χ0n) is 30.4. The summed E-state index contributed by atoms with van der Waals surface area (Å²) >= 11 is 0. The van der Waals surface area contributed by atoms with Crippen molar-refractivity contribution in [1.29, 1.82) is 0 Å². The highest BCUT2D eigenvalue weighted by molar-refractivity contribution is 5.47. The molecule has 6 nitrogen and oxygen atoms in total. The van der Waals surface area contributed by atoms with Crippen LogP contribution in [0, 0.1) is 0 Å². The van der Waals surface area contributed by atoms with E-state index in [4.69, 9.17) is 28.4 Å². The van der Waals surface area contributed by atoms with Gasteiger partial charge in [-0.25, -0.2) is 0 Å². The highest BCUT2D eigenvalue weighted by Gasteiger charge is 2.10.